The molecule has 1 aromatic rings. The normalized spacial score (nSPS) is 9.50. The molecule has 0 spiro atoms. The number of nitrogens with zero attached hydrogens (tertiary/aromatic N) is 1. The number of anilines is 1. The molecule has 0 aliphatic carbocycles. The zero-order chi connectivity index (χ0) is 8.97. The zero-order valence-corrected chi connectivity index (χ0v) is 7.77. The summed E-state index contributed by atoms with van der Waals surface area (Å²) in [6.07, 6.45) is 0. The third-order valence-electron chi connectivity index (χ3n) is 1.20. The summed E-state index contributed by atoms with van der Waals surface area (Å²) in [5.41, 5.74) is 0.367. The van der Waals surface area contributed by atoms with Crippen LogP contribution in [-0.4, -0.2) is 24.6 Å². The van der Waals surface area contributed by atoms with Crippen LogP contribution >= 0.6 is 11.3 Å². The quantitative estimate of drug-likeness (QED) is 0.724. The van der Waals surface area contributed by atoms with Gasteiger partial charge in [-0.3, -0.25) is 0 Å². The van der Waals surface area contributed by atoms with Crippen LogP contribution in [0, 0.1) is 0 Å². The van der Waals surface area contributed by atoms with Crippen LogP contribution in [0.2, 0.25) is 0 Å². The minimum absolute atomic E-state index is 0.366. The molecule has 0 atom stereocenters. The Balaban J connectivity index is 2.68. The van der Waals surface area contributed by atoms with E-state index in [2.05, 4.69) is 10.3 Å². The van der Waals surface area contributed by atoms with Crippen LogP contribution in [0.1, 0.15) is 17.4 Å². The number of hydrogen-bond acceptors (Lipinski definition) is 5. The molecule has 0 radical (unpaired) electrons. The molecule has 0 saturated heterocycles. The fraction of sp³-hybridized carbons (Fsp3) is 0.429. The maximum absolute atomic E-state index is 11.1. The van der Waals surface area contributed by atoms with Gasteiger partial charge in [0.25, 0.3) is 0 Å². The van der Waals surface area contributed by atoms with Gasteiger partial charge >= 0.3 is 5.97 Å². The molecule has 5 heteroatoms. The molecule has 1 rings (SSSR count). The second-order valence-electron chi connectivity index (χ2n) is 2.01. The van der Waals surface area contributed by atoms with E-state index in [0.29, 0.717) is 12.3 Å². The van der Waals surface area contributed by atoms with Crippen LogP contribution in [0.25, 0.3) is 0 Å². The van der Waals surface area contributed by atoms with Crippen LogP contribution < -0.4 is 5.32 Å². The number of nitrogens with one attached hydrogen (secondary N) is 1. The van der Waals surface area contributed by atoms with Crippen molar-refractivity contribution in [2.45, 2.75) is 6.92 Å². The van der Waals surface area contributed by atoms with Crippen molar-refractivity contribution in [3.8, 4) is 0 Å². The third-order valence-corrected chi connectivity index (χ3v) is 2.06. The van der Waals surface area contributed by atoms with Crippen LogP contribution in [0.5, 0.6) is 0 Å². The Kier molecular flexibility index (Phi) is 3.04. The molecule has 0 saturated carbocycles. The summed E-state index contributed by atoms with van der Waals surface area (Å²) in [6.45, 7) is 2.15. The first kappa shape index (κ1) is 8.99. The van der Waals surface area contributed by atoms with E-state index in [-0.39, 0.29) is 5.97 Å². The minimum atomic E-state index is -0.366. The molecule has 0 amide bonds. The van der Waals surface area contributed by atoms with Gasteiger partial charge in [-0.15, -0.1) is 11.3 Å². The summed E-state index contributed by atoms with van der Waals surface area (Å²) >= 11 is 1.38. The molecular weight excluding hydrogens is 176 g/mol. The summed E-state index contributed by atoms with van der Waals surface area (Å²) in [7, 11) is 1.76. The van der Waals surface area contributed by atoms with Crippen molar-refractivity contribution in [3.05, 3.63) is 11.1 Å². The number of esters is 1. The van der Waals surface area contributed by atoms with Gasteiger partial charge in [0.15, 0.2) is 10.8 Å². The Labute approximate surface area is 74.6 Å². The van der Waals surface area contributed by atoms with E-state index in [9.17, 15) is 4.79 Å². The number of ether oxygens (including phenoxy) is 1. The van der Waals surface area contributed by atoms with Crippen molar-refractivity contribution in [2.24, 2.45) is 0 Å². The van der Waals surface area contributed by atoms with Gasteiger partial charge in [0, 0.05) is 12.4 Å². The molecule has 0 aliphatic heterocycles. The largest absolute Gasteiger partial charge is 0.461 e. The molecule has 0 bridgehead atoms. The standard InChI is InChI=1S/C7H10N2O2S/c1-3-11-6(10)5-4-12-7(8-2)9-5/h4H,3H2,1-2H3,(H,8,9). The van der Waals surface area contributed by atoms with E-state index in [1.54, 1.807) is 19.4 Å². The SMILES string of the molecule is CCOC(=O)c1csc(NC)n1. The molecule has 1 heterocycles. The lowest BCUT2D eigenvalue weighted by Crippen LogP contribution is -2.04. The van der Waals surface area contributed by atoms with Crippen LogP contribution in [0.4, 0.5) is 5.13 Å². The highest BCUT2D eigenvalue weighted by Crippen LogP contribution is 2.14. The second kappa shape index (κ2) is 4.06. The average molecular weight is 186 g/mol. The van der Waals surface area contributed by atoms with Gasteiger partial charge < -0.3 is 10.1 Å². The van der Waals surface area contributed by atoms with Gasteiger partial charge in [-0.2, -0.15) is 0 Å². The molecule has 0 unspecified atom stereocenters. The van der Waals surface area contributed by atoms with Crippen LogP contribution in [0.15, 0.2) is 5.38 Å². The zero-order valence-electron chi connectivity index (χ0n) is 6.96. The Morgan fingerprint density at radius 1 is 1.83 bits per heavy atom. The lowest BCUT2D eigenvalue weighted by Gasteiger charge is -1.95. The monoisotopic (exact) mass is 186 g/mol. The second-order valence-corrected chi connectivity index (χ2v) is 2.87. The van der Waals surface area contributed by atoms with E-state index in [4.69, 9.17) is 4.74 Å². The van der Waals surface area contributed by atoms with Crippen molar-refractivity contribution < 1.29 is 9.53 Å². The van der Waals surface area contributed by atoms with Gasteiger partial charge in [-0.25, -0.2) is 9.78 Å². The first-order valence-electron chi connectivity index (χ1n) is 3.58. The van der Waals surface area contributed by atoms with Gasteiger partial charge in [-0.1, -0.05) is 0 Å². The predicted molar refractivity (Wildman–Crippen MR) is 47.6 cm³/mol. The van der Waals surface area contributed by atoms with Crippen molar-refractivity contribution in [3.63, 3.8) is 0 Å². The molecule has 4 nitrogen and oxygen atoms in total. The Morgan fingerprint density at radius 2 is 2.58 bits per heavy atom. The predicted octanol–water partition coefficient (Wildman–Crippen LogP) is 1.36. The smallest absolute Gasteiger partial charge is 0.357 e. The van der Waals surface area contributed by atoms with E-state index in [1.807, 2.05) is 0 Å². The summed E-state index contributed by atoms with van der Waals surface area (Å²) in [6, 6.07) is 0. The highest BCUT2D eigenvalue weighted by atomic mass is 32.1. The maximum Gasteiger partial charge on any atom is 0.357 e. The summed E-state index contributed by atoms with van der Waals surface area (Å²) in [5, 5.41) is 5.23. The van der Waals surface area contributed by atoms with Crippen LogP contribution in [-0.2, 0) is 4.74 Å². The number of thiazole rings is 1. The fourth-order valence-electron chi connectivity index (χ4n) is 0.687. The molecule has 12 heavy (non-hydrogen) atoms. The Morgan fingerprint density at radius 3 is 3.08 bits per heavy atom. The molecular formula is C7H10N2O2S. The summed E-state index contributed by atoms with van der Waals surface area (Å²) in [5.74, 6) is -0.366. The van der Waals surface area contributed by atoms with Crippen LogP contribution in [0.3, 0.4) is 0 Å². The minimum Gasteiger partial charge on any atom is -0.461 e. The molecule has 1 N–H and O–H groups in total. The van der Waals surface area contributed by atoms with Gasteiger partial charge in [-0.05, 0) is 6.92 Å². The van der Waals surface area contributed by atoms with Crippen molar-refractivity contribution >= 4 is 22.4 Å². The highest BCUT2D eigenvalue weighted by molar-refractivity contribution is 7.13. The molecule has 1 aromatic heterocycles. The van der Waals surface area contributed by atoms with Gasteiger partial charge in [0.1, 0.15) is 0 Å². The third kappa shape index (κ3) is 1.94. The van der Waals surface area contributed by atoms with E-state index >= 15 is 0 Å². The van der Waals surface area contributed by atoms with Gasteiger partial charge in [0.2, 0.25) is 0 Å². The Hall–Kier alpha value is -1.10. The molecule has 0 aromatic carbocycles. The lowest BCUT2D eigenvalue weighted by atomic mass is 10.5. The first-order chi connectivity index (χ1) is 5.77. The number of hydrogen-bond donors (Lipinski definition) is 1. The van der Waals surface area contributed by atoms with Crippen molar-refractivity contribution in [1.82, 2.24) is 4.98 Å². The van der Waals surface area contributed by atoms with E-state index in [0.717, 1.165) is 5.13 Å². The number of rotatable bonds is 3. The number of carbonyl (C=O) groups is 1. The maximum atomic E-state index is 11.1. The summed E-state index contributed by atoms with van der Waals surface area (Å²) in [4.78, 5) is 15.0. The van der Waals surface area contributed by atoms with Crippen molar-refractivity contribution in [2.75, 3.05) is 19.0 Å². The molecule has 66 valence electrons. The van der Waals surface area contributed by atoms with Gasteiger partial charge in [0.05, 0.1) is 6.61 Å². The first-order valence-corrected chi connectivity index (χ1v) is 4.46. The number of carbonyl (C=O) groups excluding carboxylic acids is 1. The number of aromatic nitrogens is 1. The van der Waals surface area contributed by atoms with Crippen molar-refractivity contribution in [1.29, 1.82) is 0 Å². The van der Waals surface area contributed by atoms with E-state index < -0.39 is 0 Å². The van der Waals surface area contributed by atoms with E-state index in [1.165, 1.54) is 11.3 Å². The highest BCUT2D eigenvalue weighted by Gasteiger charge is 2.09. The lowest BCUT2D eigenvalue weighted by molar-refractivity contribution is 0.0520. The average Bonchev–Trinajstić information content (AvgIpc) is 2.52. The molecule has 0 aliphatic rings. The fourth-order valence-corrected chi connectivity index (χ4v) is 1.33. The Bertz CT molecular complexity index is 272. The topological polar surface area (TPSA) is 51.2 Å². The summed E-state index contributed by atoms with van der Waals surface area (Å²) < 4.78 is 4.76. The molecule has 0 fully saturated rings.